The van der Waals surface area contributed by atoms with Crippen molar-refractivity contribution in [2.45, 2.75) is 39.5 Å². The van der Waals surface area contributed by atoms with Gasteiger partial charge in [0.1, 0.15) is 0 Å². The summed E-state index contributed by atoms with van der Waals surface area (Å²) >= 11 is 0. The highest BCUT2D eigenvalue weighted by Gasteiger charge is 2.06. The van der Waals surface area contributed by atoms with E-state index in [-0.39, 0.29) is 17.7 Å². The van der Waals surface area contributed by atoms with Crippen LogP contribution >= 0.6 is 0 Å². The minimum atomic E-state index is -0.976. The summed E-state index contributed by atoms with van der Waals surface area (Å²) < 4.78 is 5.66. The van der Waals surface area contributed by atoms with Crippen molar-refractivity contribution in [1.29, 1.82) is 0 Å². The number of nitrogens with zero attached hydrogens (tertiary/aromatic N) is 1. The fourth-order valence-corrected chi connectivity index (χ4v) is 2.11. The number of carbonyl (C=O) groups excluding carboxylic acids is 1. The molecular formula is C19H23N3O4. The summed E-state index contributed by atoms with van der Waals surface area (Å²) in [6, 6.07) is 9.66. The first kappa shape index (κ1) is 19.2. The Kier molecular flexibility index (Phi) is 6.96. The van der Waals surface area contributed by atoms with E-state index < -0.39 is 5.97 Å². The number of urea groups is 1. The monoisotopic (exact) mass is 357 g/mol. The Morgan fingerprint density at radius 2 is 1.77 bits per heavy atom. The van der Waals surface area contributed by atoms with Gasteiger partial charge < -0.3 is 20.5 Å². The Balaban J connectivity index is 1.79. The molecule has 138 valence electrons. The summed E-state index contributed by atoms with van der Waals surface area (Å²) in [6.45, 7) is 4.67. The second-order valence-corrected chi connectivity index (χ2v) is 5.88. The van der Waals surface area contributed by atoms with E-state index in [1.54, 1.807) is 24.4 Å². The van der Waals surface area contributed by atoms with Gasteiger partial charge in [0, 0.05) is 25.4 Å². The Morgan fingerprint density at radius 3 is 2.38 bits per heavy atom. The van der Waals surface area contributed by atoms with E-state index in [9.17, 15) is 9.59 Å². The summed E-state index contributed by atoms with van der Waals surface area (Å²) in [5, 5.41) is 14.4. The normalized spacial score (nSPS) is 11.5. The number of benzene rings is 1. The van der Waals surface area contributed by atoms with Crippen LogP contribution in [0.1, 0.15) is 41.8 Å². The molecule has 26 heavy (non-hydrogen) atoms. The fourth-order valence-electron chi connectivity index (χ4n) is 2.11. The first-order valence-electron chi connectivity index (χ1n) is 8.43. The third kappa shape index (κ3) is 6.08. The van der Waals surface area contributed by atoms with Crippen molar-refractivity contribution in [2.75, 3.05) is 0 Å². The lowest BCUT2D eigenvalue weighted by atomic mass is 10.1. The number of rotatable bonds is 8. The average molecular weight is 357 g/mol. The standard InChI is InChI=1S/C19H23N3O4/c1-3-13(2)26-17-10-15(8-9-20-17)12-22-19(25)21-11-14-4-6-16(7-5-14)18(23)24/h4-10,13H,3,11-12H2,1-2H3,(H,23,24)(H2,21,22,25). The maximum absolute atomic E-state index is 11.9. The van der Waals surface area contributed by atoms with Crippen LogP contribution in [0.5, 0.6) is 5.88 Å². The lowest BCUT2D eigenvalue weighted by Crippen LogP contribution is -2.34. The highest BCUT2D eigenvalue weighted by Crippen LogP contribution is 2.12. The average Bonchev–Trinajstić information content (AvgIpc) is 2.65. The van der Waals surface area contributed by atoms with E-state index in [0.29, 0.717) is 19.0 Å². The smallest absolute Gasteiger partial charge is 0.335 e. The predicted octanol–water partition coefficient (Wildman–Crippen LogP) is 2.96. The van der Waals surface area contributed by atoms with E-state index in [4.69, 9.17) is 9.84 Å². The maximum atomic E-state index is 11.9. The minimum Gasteiger partial charge on any atom is -0.478 e. The molecule has 0 radical (unpaired) electrons. The second-order valence-electron chi connectivity index (χ2n) is 5.88. The van der Waals surface area contributed by atoms with Crippen molar-refractivity contribution < 1.29 is 19.4 Å². The number of aromatic nitrogens is 1. The summed E-state index contributed by atoms with van der Waals surface area (Å²) in [4.78, 5) is 26.9. The number of ether oxygens (including phenoxy) is 1. The van der Waals surface area contributed by atoms with E-state index >= 15 is 0 Å². The fraction of sp³-hybridized carbons (Fsp3) is 0.316. The zero-order valence-corrected chi connectivity index (χ0v) is 14.9. The number of amides is 2. The van der Waals surface area contributed by atoms with E-state index in [0.717, 1.165) is 17.5 Å². The van der Waals surface area contributed by atoms with Crippen LogP contribution in [0, 0.1) is 0 Å². The number of hydrogen-bond donors (Lipinski definition) is 3. The van der Waals surface area contributed by atoms with Crippen LogP contribution in [0.4, 0.5) is 4.79 Å². The molecule has 1 atom stereocenters. The molecule has 0 saturated carbocycles. The van der Waals surface area contributed by atoms with Crippen LogP contribution < -0.4 is 15.4 Å². The number of carboxylic acid groups (broad SMARTS) is 1. The predicted molar refractivity (Wildman–Crippen MR) is 97.1 cm³/mol. The van der Waals surface area contributed by atoms with Gasteiger partial charge in [-0.2, -0.15) is 0 Å². The molecule has 0 aliphatic carbocycles. The molecule has 7 heteroatoms. The number of carboxylic acids is 1. The first-order chi connectivity index (χ1) is 12.5. The number of aromatic carboxylic acids is 1. The number of nitrogens with one attached hydrogen (secondary N) is 2. The van der Waals surface area contributed by atoms with Crippen molar-refractivity contribution in [3.63, 3.8) is 0 Å². The third-order valence-corrected chi connectivity index (χ3v) is 3.80. The molecular weight excluding hydrogens is 334 g/mol. The van der Waals surface area contributed by atoms with Gasteiger partial charge in [-0.3, -0.25) is 0 Å². The zero-order valence-electron chi connectivity index (χ0n) is 14.9. The highest BCUT2D eigenvalue weighted by atomic mass is 16.5. The molecule has 0 saturated heterocycles. The first-order valence-corrected chi connectivity index (χ1v) is 8.43. The molecule has 2 amide bonds. The van der Waals surface area contributed by atoms with Crippen LogP contribution in [0.15, 0.2) is 42.6 Å². The minimum absolute atomic E-state index is 0.0847. The van der Waals surface area contributed by atoms with E-state index in [2.05, 4.69) is 15.6 Å². The van der Waals surface area contributed by atoms with Crippen LogP contribution in [0.2, 0.25) is 0 Å². The van der Waals surface area contributed by atoms with Crippen molar-refractivity contribution in [1.82, 2.24) is 15.6 Å². The molecule has 1 aromatic heterocycles. The van der Waals surface area contributed by atoms with Crippen molar-refractivity contribution in [3.05, 3.63) is 59.3 Å². The quantitative estimate of drug-likeness (QED) is 0.674. The van der Waals surface area contributed by atoms with E-state index in [1.807, 2.05) is 19.9 Å². The molecule has 0 aliphatic heterocycles. The summed E-state index contributed by atoms with van der Waals surface area (Å²) in [7, 11) is 0. The van der Waals surface area contributed by atoms with Gasteiger partial charge in [-0.15, -0.1) is 0 Å². The Bertz CT molecular complexity index is 747. The van der Waals surface area contributed by atoms with Crippen LogP contribution in [-0.4, -0.2) is 28.2 Å². The van der Waals surface area contributed by atoms with Crippen LogP contribution in [-0.2, 0) is 13.1 Å². The van der Waals surface area contributed by atoms with Gasteiger partial charge in [0.15, 0.2) is 0 Å². The molecule has 0 aliphatic rings. The second kappa shape index (κ2) is 9.41. The molecule has 0 fully saturated rings. The maximum Gasteiger partial charge on any atom is 0.335 e. The van der Waals surface area contributed by atoms with Gasteiger partial charge in [-0.25, -0.2) is 14.6 Å². The Labute approximate surface area is 152 Å². The number of pyridine rings is 1. The summed E-state index contributed by atoms with van der Waals surface area (Å²) in [6.07, 6.45) is 2.62. The Hall–Kier alpha value is -3.09. The molecule has 0 spiro atoms. The van der Waals surface area contributed by atoms with Gasteiger partial charge in [-0.1, -0.05) is 19.1 Å². The van der Waals surface area contributed by atoms with Gasteiger partial charge in [0.25, 0.3) is 0 Å². The summed E-state index contributed by atoms with van der Waals surface area (Å²) in [5.74, 6) is -0.436. The SMILES string of the molecule is CCC(C)Oc1cc(CNC(=O)NCc2ccc(C(=O)O)cc2)ccn1. The van der Waals surface area contributed by atoms with Gasteiger partial charge >= 0.3 is 12.0 Å². The lowest BCUT2D eigenvalue weighted by Gasteiger charge is -2.12. The number of carbonyl (C=O) groups is 2. The molecule has 1 aromatic carbocycles. The zero-order chi connectivity index (χ0) is 18.9. The van der Waals surface area contributed by atoms with Crippen molar-refractivity contribution in [3.8, 4) is 5.88 Å². The van der Waals surface area contributed by atoms with Crippen molar-refractivity contribution >= 4 is 12.0 Å². The molecule has 1 unspecified atom stereocenters. The van der Waals surface area contributed by atoms with Gasteiger partial charge in [-0.05, 0) is 42.7 Å². The van der Waals surface area contributed by atoms with Crippen LogP contribution in [0.25, 0.3) is 0 Å². The number of hydrogen-bond acceptors (Lipinski definition) is 4. The van der Waals surface area contributed by atoms with Gasteiger partial charge in [0.05, 0.1) is 11.7 Å². The summed E-state index contributed by atoms with van der Waals surface area (Å²) in [5.41, 5.74) is 1.92. The Morgan fingerprint density at radius 1 is 1.12 bits per heavy atom. The molecule has 2 aromatic rings. The van der Waals surface area contributed by atoms with Crippen molar-refractivity contribution in [2.24, 2.45) is 0 Å². The largest absolute Gasteiger partial charge is 0.478 e. The lowest BCUT2D eigenvalue weighted by molar-refractivity contribution is 0.0697. The molecule has 1 heterocycles. The highest BCUT2D eigenvalue weighted by molar-refractivity contribution is 5.87. The third-order valence-electron chi connectivity index (χ3n) is 3.80. The molecule has 3 N–H and O–H groups in total. The van der Waals surface area contributed by atoms with Crippen LogP contribution in [0.3, 0.4) is 0 Å². The van der Waals surface area contributed by atoms with E-state index in [1.165, 1.54) is 12.1 Å². The molecule has 2 rings (SSSR count). The molecule has 0 bridgehead atoms. The molecule has 7 nitrogen and oxygen atoms in total. The van der Waals surface area contributed by atoms with Gasteiger partial charge in [0.2, 0.25) is 5.88 Å². The topological polar surface area (TPSA) is 101 Å².